The molecule has 2 aromatic carbocycles. The Kier molecular flexibility index (Phi) is 5.26. The summed E-state index contributed by atoms with van der Waals surface area (Å²) >= 11 is 0. The lowest BCUT2D eigenvalue weighted by molar-refractivity contribution is -0.156. The molecule has 0 spiro atoms. The van der Waals surface area contributed by atoms with Crippen LogP contribution in [0.15, 0.2) is 42.5 Å². The second-order valence-corrected chi connectivity index (χ2v) is 7.82. The van der Waals surface area contributed by atoms with Crippen LogP contribution in [0.25, 0.3) is 10.8 Å². The SMILES string of the molecule is CCOC(=O)[C@@H]1C2CCC(CC2)[C@H]1NCCc1cccc2ccccc12. The smallest absolute Gasteiger partial charge is 0.310 e. The number of hydrogen-bond acceptors (Lipinski definition) is 3. The van der Waals surface area contributed by atoms with Crippen molar-refractivity contribution in [3.05, 3.63) is 48.0 Å². The Morgan fingerprint density at radius 1 is 1.04 bits per heavy atom. The van der Waals surface area contributed by atoms with Crippen LogP contribution in [0.4, 0.5) is 0 Å². The first-order valence-corrected chi connectivity index (χ1v) is 10.1. The van der Waals surface area contributed by atoms with E-state index in [0.717, 1.165) is 13.0 Å². The average Bonchev–Trinajstić information content (AvgIpc) is 2.69. The fourth-order valence-corrected chi connectivity index (χ4v) is 5.20. The topological polar surface area (TPSA) is 38.3 Å². The van der Waals surface area contributed by atoms with Crippen LogP contribution in [0.2, 0.25) is 0 Å². The Labute approximate surface area is 156 Å². The molecule has 0 aromatic heterocycles. The van der Waals surface area contributed by atoms with Gasteiger partial charge in [0.25, 0.3) is 0 Å². The molecule has 0 heterocycles. The van der Waals surface area contributed by atoms with Crippen LogP contribution in [0.1, 0.15) is 38.2 Å². The predicted molar refractivity (Wildman–Crippen MR) is 105 cm³/mol. The lowest BCUT2D eigenvalue weighted by Crippen LogP contribution is -2.55. The molecule has 3 nitrogen and oxygen atoms in total. The minimum absolute atomic E-state index is 0.0181. The maximum atomic E-state index is 12.5. The summed E-state index contributed by atoms with van der Waals surface area (Å²) in [5, 5.41) is 6.39. The molecule has 2 bridgehead atoms. The van der Waals surface area contributed by atoms with Gasteiger partial charge in [0.15, 0.2) is 0 Å². The second-order valence-electron chi connectivity index (χ2n) is 7.82. The van der Waals surface area contributed by atoms with Crippen LogP contribution >= 0.6 is 0 Å². The minimum atomic E-state index is 0.0181. The molecule has 138 valence electrons. The molecule has 2 aromatic rings. The molecule has 3 aliphatic carbocycles. The van der Waals surface area contributed by atoms with Crippen molar-refractivity contribution < 1.29 is 9.53 Å². The fraction of sp³-hybridized carbons (Fsp3) is 0.522. The molecule has 0 unspecified atom stereocenters. The van der Waals surface area contributed by atoms with Gasteiger partial charge in [0.2, 0.25) is 0 Å². The molecule has 26 heavy (non-hydrogen) atoms. The van der Waals surface area contributed by atoms with Gasteiger partial charge in [-0.15, -0.1) is 0 Å². The number of fused-ring (bicyclic) bond motifs is 4. The Hall–Kier alpha value is -1.87. The molecule has 3 heteroatoms. The summed E-state index contributed by atoms with van der Waals surface area (Å²) in [5.41, 5.74) is 1.38. The van der Waals surface area contributed by atoms with Crippen LogP contribution in [-0.2, 0) is 16.0 Å². The van der Waals surface area contributed by atoms with E-state index in [4.69, 9.17) is 4.74 Å². The summed E-state index contributed by atoms with van der Waals surface area (Å²) in [4.78, 5) is 12.5. The van der Waals surface area contributed by atoms with Gasteiger partial charge in [-0.25, -0.2) is 0 Å². The van der Waals surface area contributed by atoms with E-state index in [-0.39, 0.29) is 17.9 Å². The normalized spacial score (nSPS) is 27.6. The van der Waals surface area contributed by atoms with E-state index >= 15 is 0 Å². The maximum absolute atomic E-state index is 12.5. The first kappa shape index (κ1) is 17.5. The number of hydrogen-bond donors (Lipinski definition) is 1. The zero-order valence-corrected chi connectivity index (χ0v) is 15.6. The second kappa shape index (κ2) is 7.79. The standard InChI is InChI=1S/C23H29NO2/c1-2-26-23(25)21-18-10-12-19(13-11-18)22(21)24-15-14-17-8-5-7-16-6-3-4-9-20(16)17/h3-9,18-19,21-22,24H,2,10-15H2,1H3/t18?,19?,21-,22-/m1/s1. The minimum Gasteiger partial charge on any atom is -0.466 e. The Morgan fingerprint density at radius 3 is 2.58 bits per heavy atom. The van der Waals surface area contributed by atoms with Gasteiger partial charge in [-0.2, -0.15) is 0 Å². The first-order valence-electron chi connectivity index (χ1n) is 10.1. The third-order valence-electron chi connectivity index (χ3n) is 6.43. The quantitative estimate of drug-likeness (QED) is 0.787. The van der Waals surface area contributed by atoms with Crippen molar-refractivity contribution in [3.63, 3.8) is 0 Å². The van der Waals surface area contributed by atoms with E-state index < -0.39 is 0 Å². The zero-order chi connectivity index (χ0) is 17.9. The number of ether oxygens (including phenoxy) is 1. The average molecular weight is 351 g/mol. The van der Waals surface area contributed by atoms with Gasteiger partial charge in [0, 0.05) is 6.04 Å². The van der Waals surface area contributed by atoms with E-state index in [0.29, 0.717) is 18.4 Å². The van der Waals surface area contributed by atoms with Crippen LogP contribution < -0.4 is 5.32 Å². The molecule has 3 fully saturated rings. The highest BCUT2D eigenvalue weighted by Gasteiger charge is 2.47. The predicted octanol–water partition coefficient (Wildman–Crippen LogP) is 4.34. The van der Waals surface area contributed by atoms with Crippen molar-refractivity contribution in [2.24, 2.45) is 17.8 Å². The van der Waals surface area contributed by atoms with Crippen LogP contribution in [0, 0.1) is 17.8 Å². The summed E-state index contributed by atoms with van der Waals surface area (Å²) in [6, 6.07) is 15.4. The molecule has 0 radical (unpaired) electrons. The molecule has 0 amide bonds. The monoisotopic (exact) mass is 351 g/mol. The molecule has 3 saturated carbocycles. The van der Waals surface area contributed by atoms with E-state index in [1.807, 2.05) is 6.92 Å². The van der Waals surface area contributed by atoms with Gasteiger partial charge in [0.05, 0.1) is 12.5 Å². The number of carbonyl (C=O) groups excluding carboxylic acids is 1. The van der Waals surface area contributed by atoms with E-state index in [1.54, 1.807) is 0 Å². The summed E-state index contributed by atoms with van der Waals surface area (Å²) in [6.45, 7) is 3.30. The lowest BCUT2D eigenvalue weighted by atomic mass is 9.61. The molecule has 1 N–H and O–H groups in total. The van der Waals surface area contributed by atoms with Crippen molar-refractivity contribution in [1.29, 1.82) is 0 Å². The van der Waals surface area contributed by atoms with Crippen molar-refractivity contribution >= 4 is 16.7 Å². The third-order valence-corrected chi connectivity index (χ3v) is 6.43. The van der Waals surface area contributed by atoms with Crippen LogP contribution in [0.5, 0.6) is 0 Å². The number of rotatable bonds is 6. The zero-order valence-electron chi connectivity index (χ0n) is 15.6. The molecule has 5 rings (SSSR count). The van der Waals surface area contributed by atoms with Gasteiger partial charge < -0.3 is 10.1 Å². The third kappa shape index (κ3) is 3.37. The molecule has 3 aliphatic rings. The highest BCUT2D eigenvalue weighted by molar-refractivity contribution is 5.85. The molecule has 0 saturated heterocycles. The molecule has 2 atom stereocenters. The van der Waals surface area contributed by atoms with E-state index in [2.05, 4.69) is 47.8 Å². The Morgan fingerprint density at radius 2 is 1.77 bits per heavy atom. The van der Waals surface area contributed by atoms with Crippen molar-refractivity contribution in [3.8, 4) is 0 Å². The fourth-order valence-electron chi connectivity index (χ4n) is 5.20. The number of esters is 1. The van der Waals surface area contributed by atoms with Gasteiger partial charge in [-0.3, -0.25) is 4.79 Å². The molecule has 0 aliphatic heterocycles. The van der Waals surface area contributed by atoms with Gasteiger partial charge in [-0.05, 0) is 73.7 Å². The Bertz CT molecular complexity index is 758. The van der Waals surface area contributed by atoms with Crippen LogP contribution in [-0.4, -0.2) is 25.2 Å². The highest BCUT2D eigenvalue weighted by atomic mass is 16.5. The lowest BCUT2D eigenvalue weighted by Gasteiger charge is -2.47. The maximum Gasteiger partial charge on any atom is 0.310 e. The number of carbonyl (C=O) groups is 1. The summed E-state index contributed by atoms with van der Waals surface area (Å²) in [5.74, 6) is 1.20. The van der Waals surface area contributed by atoms with Crippen molar-refractivity contribution in [2.75, 3.05) is 13.2 Å². The summed E-state index contributed by atoms with van der Waals surface area (Å²) < 4.78 is 5.41. The van der Waals surface area contributed by atoms with Crippen molar-refractivity contribution in [1.82, 2.24) is 5.32 Å². The summed E-state index contributed by atoms with van der Waals surface area (Å²) in [6.07, 6.45) is 5.88. The largest absolute Gasteiger partial charge is 0.466 e. The first-order chi connectivity index (χ1) is 12.8. The van der Waals surface area contributed by atoms with Gasteiger partial charge in [0.1, 0.15) is 0 Å². The van der Waals surface area contributed by atoms with Gasteiger partial charge >= 0.3 is 5.97 Å². The van der Waals surface area contributed by atoms with Crippen molar-refractivity contribution in [2.45, 2.75) is 45.1 Å². The van der Waals surface area contributed by atoms with Crippen LogP contribution in [0.3, 0.4) is 0 Å². The summed E-state index contributed by atoms with van der Waals surface area (Å²) in [7, 11) is 0. The van der Waals surface area contributed by atoms with E-state index in [1.165, 1.54) is 42.0 Å². The molecular formula is C23H29NO2. The Balaban J connectivity index is 1.45. The number of nitrogens with one attached hydrogen (secondary N) is 1. The molecular weight excluding hydrogens is 322 g/mol. The van der Waals surface area contributed by atoms with Gasteiger partial charge in [-0.1, -0.05) is 42.5 Å². The highest BCUT2D eigenvalue weighted by Crippen LogP contribution is 2.45. The number of benzene rings is 2. The van der Waals surface area contributed by atoms with E-state index in [9.17, 15) is 4.79 Å².